The monoisotopic (exact) mass is 505 g/mol. The fourth-order valence-electron chi connectivity index (χ4n) is 4.70. The predicted molar refractivity (Wildman–Crippen MR) is 122 cm³/mol. The highest BCUT2D eigenvalue weighted by atomic mass is 35.5. The van der Waals surface area contributed by atoms with Crippen LogP contribution in [0.3, 0.4) is 0 Å². The number of hydrogen-bond acceptors (Lipinski definition) is 6. The van der Waals surface area contributed by atoms with Gasteiger partial charge >= 0.3 is 6.18 Å². The molecule has 2 aromatic rings. The molecule has 2 fully saturated rings. The van der Waals surface area contributed by atoms with E-state index in [9.17, 15) is 13.2 Å². The van der Waals surface area contributed by atoms with Gasteiger partial charge in [0.2, 0.25) is 0 Å². The molecule has 4 rings (SSSR count). The summed E-state index contributed by atoms with van der Waals surface area (Å²) in [7, 11) is 0. The van der Waals surface area contributed by atoms with Gasteiger partial charge in [0.05, 0.1) is 29.4 Å². The number of halogens is 5. The number of nitriles is 1. The number of alkyl halides is 3. The number of tetrazole rings is 1. The van der Waals surface area contributed by atoms with Gasteiger partial charge in [0.1, 0.15) is 0 Å². The van der Waals surface area contributed by atoms with Crippen LogP contribution in [0, 0.1) is 16.7 Å². The number of hydrogen-bond donors (Lipinski definition) is 0. The standard InChI is InChI=1S/C21H26F3N7.2ClH/c1-15(2)30-10-7-20(14-30)5-8-29(9-6-20)13-19-26-27-28-31(19)17-4-3-16(12-25)18(11-17)21(22,23)24;;/h3-4,11,15H,5-10,13-14H2,1-2H3;2*1H. The van der Waals surface area contributed by atoms with E-state index in [-0.39, 0.29) is 30.5 Å². The van der Waals surface area contributed by atoms with Gasteiger partial charge < -0.3 is 4.90 Å². The van der Waals surface area contributed by atoms with Crippen molar-refractivity contribution in [2.75, 3.05) is 26.2 Å². The fraction of sp³-hybridized carbons (Fsp3) is 0.619. The maximum absolute atomic E-state index is 13.3. The second-order valence-corrected chi connectivity index (χ2v) is 8.94. The summed E-state index contributed by atoms with van der Waals surface area (Å²) in [6, 6.07) is 5.70. The molecule has 2 aliphatic heterocycles. The zero-order chi connectivity index (χ0) is 22.2. The number of nitrogens with zero attached hydrogens (tertiary/aromatic N) is 7. The lowest BCUT2D eigenvalue weighted by Crippen LogP contribution is -2.42. The van der Waals surface area contributed by atoms with E-state index in [1.807, 2.05) is 0 Å². The first kappa shape index (κ1) is 27.3. The van der Waals surface area contributed by atoms with Crippen LogP contribution in [0.1, 0.15) is 50.1 Å². The van der Waals surface area contributed by atoms with Gasteiger partial charge in [-0.05, 0) is 86.8 Å². The number of benzene rings is 1. The molecule has 0 saturated carbocycles. The van der Waals surface area contributed by atoms with Gasteiger partial charge in [0.15, 0.2) is 5.82 Å². The molecule has 0 unspecified atom stereocenters. The highest BCUT2D eigenvalue weighted by molar-refractivity contribution is 5.85. The second-order valence-electron chi connectivity index (χ2n) is 8.94. The van der Waals surface area contributed by atoms with Crippen LogP contribution in [-0.4, -0.2) is 62.2 Å². The molecule has 1 spiro atoms. The minimum Gasteiger partial charge on any atom is -0.300 e. The van der Waals surface area contributed by atoms with Crippen molar-refractivity contribution in [3.05, 3.63) is 35.2 Å². The summed E-state index contributed by atoms with van der Waals surface area (Å²) < 4.78 is 41.3. The molecule has 0 atom stereocenters. The summed E-state index contributed by atoms with van der Waals surface area (Å²) in [5.74, 6) is 0.490. The Labute approximate surface area is 203 Å². The van der Waals surface area contributed by atoms with Gasteiger partial charge in [-0.15, -0.1) is 29.9 Å². The highest BCUT2D eigenvalue weighted by Crippen LogP contribution is 2.41. The van der Waals surface area contributed by atoms with E-state index in [4.69, 9.17) is 5.26 Å². The summed E-state index contributed by atoms with van der Waals surface area (Å²) in [5, 5.41) is 20.6. The van der Waals surface area contributed by atoms with E-state index in [2.05, 4.69) is 39.2 Å². The summed E-state index contributed by atoms with van der Waals surface area (Å²) in [5.41, 5.74) is -0.825. The topological polar surface area (TPSA) is 73.9 Å². The van der Waals surface area contributed by atoms with Gasteiger partial charge in [-0.1, -0.05) is 0 Å². The van der Waals surface area contributed by atoms with E-state index in [0.717, 1.165) is 51.2 Å². The third kappa shape index (κ3) is 5.77. The van der Waals surface area contributed by atoms with Crippen LogP contribution in [-0.2, 0) is 12.7 Å². The largest absolute Gasteiger partial charge is 0.417 e. The highest BCUT2D eigenvalue weighted by Gasteiger charge is 2.41. The van der Waals surface area contributed by atoms with Crippen molar-refractivity contribution in [3.63, 3.8) is 0 Å². The smallest absolute Gasteiger partial charge is 0.300 e. The first-order chi connectivity index (χ1) is 14.7. The Bertz CT molecular complexity index is 979. The average molecular weight is 506 g/mol. The molecule has 0 amide bonds. The Hall–Kier alpha value is -1.93. The Balaban J connectivity index is 0.00000193. The molecule has 3 heterocycles. The van der Waals surface area contributed by atoms with Crippen LogP contribution < -0.4 is 0 Å². The SMILES string of the molecule is CC(C)N1CCC2(CCN(Cc3nnnn3-c3ccc(C#N)c(C(F)(F)F)c3)CC2)C1.Cl.Cl. The van der Waals surface area contributed by atoms with Crippen LogP contribution in [0.15, 0.2) is 18.2 Å². The van der Waals surface area contributed by atoms with Gasteiger partial charge in [0, 0.05) is 12.6 Å². The van der Waals surface area contributed by atoms with Crippen molar-refractivity contribution in [3.8, 4) is 11.8 Å². The molecule has 1 aromatic heterocycles. The number of rotatable bonds is 4. The molecule has 2 aliphatic rings. The van der Waals surface area contributed by atoms with Crippen LogP contribution in [0.5, 0.6) is 0 Å². The van der Waals surface area contributed by atoms with Crippen molar-refractivity contribution in [2.24, 2.45) is 5.41 Å². The number of piperidine rings is 1. The first-order valence-electron chi connectivity index (χ1n) is 10.6. The average Bonchev–Trinajstić information content (AvgIpc) is 3.36. The van der Waals surface area contributed by atoms with Crippen LogP contribution in [0.4, 0.5) is 13.2 Å². The van der Waals surface area contributed by atoms with Gasteiger partial charge in [-0.2, -0.15) is 23.1 Å². The summed E-state index contributed by atoms with van der Waals surface area (Å²) in [4.78, 5) is 4.80. The molecule has 33 heavy (non-hydrogen) atoms. The lowest BCUT2D eigenvalue weighted by molar-refractivity contribution is -0.137. The van der Waals surface area contributed by atoms with Crippen molar-refractivity contribution in [1.29, 1.82) is 5.26 Å². The molecule has 182 valence electrons. The Morgan fingerprint density at radius 1 is 1.12 bits per heavy atom. The van der Waals surface area contributed by atoms with E-state index >= 15 is 0 Å². The van der Waals surface area contributed by atoms with E-state index in [1.165, 1.54) is 17.2 Å². The first-order valence-corrected chi connectivity index (χ1v) is 10.6. The van der Waals surface area contributed by atoms with Crippen molar-refractivity contribution in [1.82, 2.24) is 30.0 Å². The molecule has 0 bridgehead atoms. The summed E-state index contributed by atoms with van der Waals surface area (Å²) in [6.07, 6.45) is -1.19. The molecule has 0 aliphatic carbocycles. The molecule has 12 heteroatoms. The van der Waals surface area contributed by atoms with Crippen LogP contribution >= 0.6 is 24.8 Å². The summed E-state index contributed by atoms with van der Waals surface area (Å²) >= 11 is 0. The van der Waals surface area contributed by atoms with E-state index < -0.39 is 17.3 Å². The third-order valence-corrected chi connectivity index (χ3v) is 6.69. The van der Waals surface area contributed by atoms with Gasteiger partial charge in [0.25, 0.3) is 0 Å². The van der Waals surface area contributed by atoms with Gasteiger partial charge in [-0.3, -0.25) is 4.90 Å². The molecule has 1 aromatic carbocycles. The minimum absolute atomic E-state index is 0. The number of aromatic nitrogens is 4. The molecule has 2 saturated heterocycles. The Morgan fingerprint density at radius 2 is 1.79 bits per heavy atom. The maximum Gasteiger partial charge on any atom is 0.417 e. The fourth-order valence-corrected chi connectivity index (χ4v) is 4.70. The Kier molecular flexibility index (Phi) is 8.74. The predicted octanol–water partition coefficient (Wildman–Crippen LogP) is 4.09. The molecular weight excluding hydrogens is 478 g/mol. The van der Waals surface area contributed by atoms with Gasteiger partial charge in [-0.25, -0.2) is 0 Å². The Morgan fingerprint density at radius 3 is 2.36 bits per heavy atom. The quantitative estimate of drug-likeness (QED) is 0.622. The van der Waals surface area contributed by atoms with E-state index in [1.54, 1.807) is 6.07 Å². The van der Waals surface area contributed by atoms with Crippen LogP contribution in [0.25, 0.3) is 5.69 Å². The molecule has 0 radical (unpaired) electrons. The summed E-state index contributed by atoms with van der Waals surface area (Å²) in [6.45, 7) is 9.07. The minimum atomic E-state index is -4.62. The zero-order valence-corrected chi connectivity index (χ0v) is 20.2. The lowest BCUT2D eigenvalue weighted by Gasteiger charge is -2.39. The maximum atomic E-state index is 13.3. The molecular formula is C21H28Cl2F3N7. The molecule has 0 N–H and O–H groups in total. The third-order valence-electron chi connectivity index (χ3n) is 6.69. The normalized spacial score (nSPS) is 18.7. The van der Waals surface area contributed by atoms with Crippen molar-refractivity contribution in [2.45, 2.75) is 51.9 Å². The molecule has 7 nitrogen and oxygen atoms in total. The lowest BCUT2D eigenvalue weighted by atomic mass is 9.78. The second kappa shape index (κ2) is 10.6. The zero-order valence-electron chi connectivity index (χ0n) is 18.5. The van der Waals surface area contributed by atoms with Crippen molar-refractivity contribution >= 4 is 24.8 Å². The van der Waals surface area contributed by atoms with Crippen molar-refractivity contribution < 1.29 is 13.2 Å². The van der Waals surface area contributed by atoms with E-state index in [0.29, 0.717) is 23.8 Å². The van der Waals surface area contributed by atoms with Crippen LogP contribution in [0.2, 0.25) is 0 Å². The number of likely N-dealkylation sites (tertiary alicyclic amines) is 2.